The predicted molar refractivity (Wildman–Crippen MR) is 138 cm³/mol. The number of benzene rings is 2. The number of para-hydroxylation sites is 3. The van der Waals surface area contributed by atoms with Crippen LogP contribution in [0.1, 0.15) is 17.7 Å². The first-order valence-electron chi connectivity index (χ1n) is 12.0. The lowest BCUT2D eigenvalue weighted by Crippen LogP contribution is -2.50. The number of aromatic amines is 1. The molecule has 36 heavy (non-hydrogen) atoms. The van der Waals surface area contributed by atoms with Crippen molar-refractivity contribution in [2.45, 2.75) is 19.5 Å². The van der Waals surface area contributed by atoms with Crippen LogP contribution in [-0.2, 0) is 11.3 Å². The summed E-state index contributed by atoms with van der Waals surface area (Å²) in [5.74, 6) is 2.12. The van der Waals surface area contributed by atoms with Crippen LogP contribution in [0.15, 0.2) is 60.8 Å². The van der Waals surface area contributed by atoms with E-state index in [-0.39, 0.29) is 18.5 Å². The number of hydrogen-bond donors (Lipinski definition) is 2. The zero-order valence-corrected chi connectivity index (χ0v) is 20.2. The fraction of sp³-hybridized carbons (Fsp3) is 0.259. The zero-order chi connectivity index (χ0) is 24.6. The molecule has 1 amide bonds. The van der Waals surface area contributed by atoms with E-state index in [1.807, 2.05) is 71.0 Å². The van der Waals surface area contributed by atoms with Crippen molar-refractivity contribution in [3.63, 3.8) is 0 Å². The highest BCUT2D eigenvalue weighted by Crippen LogP contribution is 2.32. The second-order valence-corrected chi connectivity index (χ2v) is 8.96. The molecule has 1 atom stereocenters. The van der Waals surface area contributed by atoms with E-state index in [4.69, 9.17) is 4.74 Å². The molecule has 1 aliphatic rings. The molecule has 0 saturated carbocycles. The number of aryl methyl sites for hydroxylation is 1. The van der Waals surface area contributed by atoms with E-state index < -0.39 is 0 Å². The van der Waals surface area contributed by atoms with E-state index in [0.29, 0.717) is 19.0 Å². The molecule has 1 aliphatic heterocycles. The molecular formula is C27H27N7O2. The van der Waals surface area contributed by atoms with Gasteiger partial charge in [-0.25, -0.2) is 15.0 Å². The highest BCUT2D eigenvalue weighted by atomic mass is 16.5. The first kappa shape index (κ1) is 22.2. The fourth-order valence-corrected chi connectivity index (χ4v) is 4.96. The fourth-order valence-electron chi connectivity index (χ4n) is 4.96. The van der Waals surface area contributed by atoms with Gasteiger partial charge in [-0.05, 0) is 31.2 Å². The van der Waals surface area contributed by atoms with Crippen LogP contribution in [0.2, 0.25) is 0 Å². The van der Waals surface area contributed by atoms with Crippen molar-refractivity contribution in [3.05, 3.63) is 72.4 Å². The molecular weight excluding hydrogens is 454 g/mol. The molecule has 2 N–H and O–H groups in total. The molecule has 2 aromatic carbocycles. The minimum Gasteiger partial charge on any atom is -0.480 e. The van der Waals surface area contributed by atoms with Gasteiger partial charge in [0.2, 0.25) is 11.8 Å². The van der Waals surface area contributed by atoms with Crippen LogP contribution < -0.4 is 10.1 Å². The van der Waals surface area contributed by atoms with Gasteiger partial charge in [0, 0.05) is 25.0 Å². The van der Waals surface area contributed by atoms with Gasteiger partial charge in [0.25, 0.3) is 0 Å². The lowest BCUT2D eigenvalue weighted by molar-refractivity contribution is -0.135. The summed E-state index contributed by atoms with van der Waals surface area (Å²) < 4.78 is 7.56. The predicted octanol–water partition coefficient (Wildman–Crippen LogP) is 3.46. The van der Waals surface area contributed by atoms with E-state index >= 15 is 0 Å². The number of amides is 1. The number of carbonyl (C=O) groups is 1. The Kier molecular flexibility index (Phi) is 5.61. The highest BCUT2D eigenvalue weighted by Gasteiger charge is 2.31. The first-order valence-corrected chi connectivity index (χ1v) is 12.0. The Morgan fingerprint density at radius 3 is 2.78 bits per heavy atom. The molecule has 1 saturated heterocycles. The van der Waals surface area contributed by atoms with Crippen molar-refractivity contribution in [3.8, 4) is 17.1 Å². The number of piperazine rings is 1. The molecule has 9 nitrogen and oxygen atoms in total. The maximum atomic E-state index is 13.5. The number of H-pyrrole nitrogens is 1. The number of ether oxygens (including phenoxy) is 1. The van der Waals surface area contributed by atoms with Crippen molar-refractivity contribution >= 4 is 27.8 Å². The average molecular weight is 482 g/mol. The van der Waals surface area contributed by atoms with Gasteiger partial charge in [0.05, 0.1) is 41.1 Å². The molecule has 5 aromatic rings. The number of nitrogens with one attached hydrogen (secondary N) is 2. The molecule has 0 aliphatic carbocycles. The van der Waals surface area contributed by atoms with Crippen LogP contribution in [0.3, 0.4) is 0 Å². The Hall–Kier alpha value is -4.24. The van der Waals surface area contributed by atoms with Gasteiger partial charge in [-0.1, -0.05) is 30.3 Å². The van der Waals surface area contributed by atoms with Gasteiger partial charge < -0.3 is 24.5 Å². The summed E-state index contributed by atoms with van der Waals surface area (Å²) in [5, 5.41) is 4.42. The Balaban J connectivity index is 1.30. The van der Waals surface area contributed by atoms with Crippen LogP contribution in [0.4, 0.5) is 0 Å². The molecule has 0 bridgehead atoms. The Bertz CT molecular complexity index is 1570. The maximum absolute atomic E-state index is 13.5. The average Bonchev–Trinajstić information content (AvgIpc) is 3.52. The second-order valence-electron chi connectivity index (χ2n) is 8.96. The minimum absolute atomic E-state index is 0.0376. The zero-order valence-electron chi connectivity index (χ0n) is 20.2. The molecule has 1 unspecified atom stereocenters. The van der Waals surface area contributed by atoms with Crippen LogP contribution in [0.25, 0.3) is 33.2 Å². The molecule has 6 rings (SSSR count). The summed E-state index contributed by atoms with van der Waals surface area (Å²) in [6.07, 6.45) is 1.79. The minimum atomic E-state index is -0.213. The van der Waals surface area contributed by atoms with Crippen LogP contribution >= 0.6 is 0 Å². The molecule has 0 radical (unpaired) electrons. The van der Waals surface area contributed by atoms with Gasteiger partial charge in [-0.3, -0.25) is 4.79 Å². The number of methoxy groups -OCH3 is 1. The van der Waals surface area contributed by atoms with Crippen molar-refractivity contribution < 1.29 is 9.53 Å². The highest BCUT2D eigenvalue weighted by molar-refractivity contribution is 5.85. The number of aromatic nitrogens is 5. The molecule has 4 heterocycles. The standard InChI is InChI=1S/C27H27N7O2/c1-17-30-21-9-5-6-10-23(21)34(17)16-25(35)33-12-11-28-15-24(33)26-29-14-22(31-26)19-13-18-7-3-4-8-20(18)32-27(19)36-2/h3-10,13-14,24,28H,11-12,15-16H2,1-2H3,(H,29,31). The number of rotatable bonds is 5. The van der Waals surface area contributed by atoms with Gasteiger partial charge in [0.15, 0.2) is 0 Å². The van der Waals surface area contributed by atoms with Crippen LogP contribution in [0, 0.1) is 6.92 Å². The molecule has 182 valence electrons. The lowest BCUT2D eigenvalue weighted by atomic mass is 10.1. The number of pyridine rings is 1. The molecule has 9 heteroatoms. The van der Waals surface area contributed by atoms with Gasteiger partial charge in [-0.2, -0.15) is 0 Å². The van der Waals surface area contributed by atoms with E-state index in [9.17, 15) is 4.79 Å². The Labute approximate surface area is 208 Å². The maximum Gasteiger partial charge on any atom is 0.243 e. The first-order chi connectivity index (χ1) is 17.6. The number of fused-ring (bicyclic) bond motifs is 2. The Morgan fingerprint density at radius 1 is 1.11 bits per heavy atom. The quantitative estimate of drug-likeness (QED) is 0.399. The summed E-state index contributed by atoms with van der Waals surface area (Å²) in [6.45, 7) is 4.13. The summed E-state index contributed by atoms with van der Waals surface area (Å²) in [4.78, 5) is 32.8. The van der Waals surface area contributed by atoms with Crippen LogP contribution in [0.5, 0.6) is 5.88 Å². The van der Waals surface area contributed by atoms with E-state index in [1.165, 1.54) is 0 Å². The SMILES string of the molecule is COc1nc2ccccc2cc1-c1cnc(C2CNCCN2C(=O)Cn2c(C)nc3ccccc32)[nH]1. The van der Waals surface area contributed by atoms with Crippen LogP contribution in [-0.4, -0.2) is 62.1 Å². The van der Waals surface area contributed by atoms with Gasteiger partial charge in [0.1, 0.15) is 24.2 Å². The molecule has 0 spiro atoms. The lowest BCUT2D eigenvalue weighted by Gasteiger charge is -2.35. The monoisotopic (exact) mass is 481 g/mol. The normalized spacial score (nSPS) is 16.1. The van der Waals surface area contributed by atoms with E-state index in [0.717, 1.165) is 51.4 Å². The number of imidazole rings is 2. The smallest absolute Gasteiger partial charge is 0.243 e. The van der Waals surface area contributed by atoms with Crippen molar-refractivity contribution in [1.82, 2.24) is 34.7 Å². The third kappa shape index (κ3) is 3.87. The van der Waals surface area contributed by atoms with Crippen molar-refractivity contribution in [1.29, 1.82) is 0 Å². The number of nitrogens with zero attached hydrogens (tertiary/aromatic N) is 5. The third-order valence-corrected chi connectivity index (χ3v) is 6.79. The summed E-state index contributed by atoms with van der Waals surface area (Å²) in [7, 11) is 1.62. The van der Waals surface area contributed by atoms with E-state index in [2.05, 4.69) is 25.3 Å². The molecule has 1 fully saturated rings. The molecule has 3 aromatic heterocycles. The number of hydrogen-bond acceptors (Lipinski definition) is 6. The number of carbonyl (C=O) groups excluding carboxylic acids is 1. The van der Waals surface area contributed by atoms with Crippen molar-refractivity contribution in [2.24, 2.45) is 0 Å². The summed E-state index contributed by atoms with van der Waals surface area (Å²) in [6, 6.07) is 17.7. The van der Waals surface area contributed by atoms with Crippen molar-refractivity contribution in [2.75, 3.05) is 26.7 Å². The largest absolute Gasteiger partial charge is 0.480 e. The van der Waals surface area contributed by atoms with Gasteiger partial charge in [-0.15, -0.1) is 0 Å². The third-order valence-electron chi connectivity index (χ3n) is 6.79. The summed E-state index contributed by atoms with van der Waals surface area (Å²) in [5.41, 5.74) is 4.36. The van der Waals surface area contributed by atoms with Gasteiger partial charge >= 0.3 is 0 Å². The Morgan fingerprint density at radius 2 is 1.92 bits per heavy atom. The summed E-state index contributed by atoms with van der Waals surface area (Å²) >= 11 is 0. The topological polar surface area (TPSA) is 101 Å². The van der Waals surface area contributed by atoms with E-state index in [1.54, 1.807) is 13.3 Å². The second kappa shape index (κ2) is 9.09.